The zero-order valence-corrected chi connectivity index (χ0v) is 18.0. The van der Waals surface area contributed by atoms with E-state index in [1.54, 1.807) is 0 Å². The Morgan fingerprint density at radius 2 is 1.59 bits per heavy atom. The summed E-state index contributed by atoms with van der Waals surface area (Å²) < 4.78 is 33.5. The summed E-state index contributed by atoms with van der Waals surface area (Å²) in [7, 11) is -1.85. The van der Waals surface area contributed by atoms with Crippen molar-refractivity contribution in [3.63, 3.8) is 0 Å². The lowest BCUT2D eigenvalue weighted by Gasteiger charge is -2.34. The van der Waals surface area contributed by atoms with Gasteiger partial charge in [0.15, 0.2) is 8.32 Å². The fourth-order valence-corrected chi connectivity index (χ4v) is 6.38. The molecular weight excluding hydrogens is 384 g/mol. The molecule has 0 aliphatic heterocycles. The Morgan fingerprint density at radius 1 is 1.00 bits per heavy atom. The maximum Gasteiger partial charge on any atom is 0.192 e. The topological polar surface area (TPSA) is 21.3 Å². The summed E-state index contributed by atoms with van der Waals surface area (Å²) in [5.74, 6) is -1.14. The Balaban J connectivity index is 2.16. The Morgan fingerprint density at radius 3 is 2.15 bits per heavy atom. The van der Waals surface area contributed by atoms with E-state index in [0.29, 0.717) is 23.7 Å². The van der Waals surface area contributed by atoms with E-state index in [9.17, 15) is 8.78 Å². The van der Waals surface area contributed by atoms with Gasteiger partial charge in [-0.05, 0) is 47.5 Å². The van der Waals surface area contributed by atoms with Crippen LogP contribution in [-0.2, 0) is 11.0 Å². The van der Waals surface area contributed by atoms with E-state index in [0.717, 1.165) is 29.8 Å². The van der Waals surface area contributed by atoms with Crippen molar-refractivity contribution in [2.24, 2.45) is 0 Å². The van der Waals surface area contributed by atoms with E-state index >= 15 is 0 Å². The second kappa shape index (κ2) is 10.3. The predicted molar refractivity (Wildman–Crippen MR) is 111 cm³/mol. The first-order chi connectivity index (χ1) is 12.9. The Kier molecular flexibility index (Phi) is 8.42. The summed E-state index contributed by atoms with van der Waals surface area (Å²) in [5, 5.41) is 3.96. The molecule has 2 aromatic rings. The highest BCUT2D eigenvalue weighted by Crippen LogP contribution is 2.32. The number of hydrogen-bond acceptors (Lipinski definition) is 2. The highest BCUT2D eigenvalue weighted by Gasteiger charge is 2.33. The van der Waals surface area contributed by atoms with E-state index < -0.39 is 20.0 Å². The fourth-order valence-electron chi connectivity index (χ4n) is 3.31. The Bertz CT molecular complexity index is 711. The van der Waals surface area contributed by atoms with Crippen LogP contribution in [0.25, 0.3) is 0 Å². The zero-order chi connectivity index (χ0) is 19.9. The van der Waals surface area contributed by atoms with Gasteiger partial charge in [-0.1, -0.05) is 50.6 Å². The smallest absolute Gasteiger partial charge is 0.192 e. The molecule has 6 heteroatoms. The van der Waals surface area contributed by atoms with Crippen molar-refractivity contribution >= 4 is 19.9 Å². The van der Waals surface area contributed by atoms with Gasteiger partial charge in [-0.2, -0.15) is 0 Å². The van der Waals surface area contributed by atoms with Gasteiger partial charge in [0.05, 0.1) is 6.10 Å². The highest BCUT2D eigenvalue weighted by atomic mass is 35.5. The average Bonchev–Trinajstić information content (AvgIpc) is 2.65. The third-order valence-electron chi connectivity index (χ3n) is 5.16. The van der Waals surface area contributed by atoms with Gasteiger partial charge in [-0.3, -0.25) is 0 Å². The van der Waals surface area contributed by atoms with Crippen LogP contribution in [0.2, 0.25) is 23.2 Å². The minimum atomic E-state index is -1.85. The molecule has 0 radical (unpaired) electrons. The molecule has 0 bridgehead atoms. The largest absolute Gasteiger partial charge is 0.409 e. The molecule has 0 saturated carbocycles. The van der Waals surface area contributed by atoms with Crippen molar-refractivity contribution < 1.29 is 13.2 Å². The van der Waals surface area contributed by atoms with Crippen LogP contribution in [0, 0.1) is 11.6 Å². The van der Waals surface area contributed by atoms with Crippen LogP contribution in [0.1, 0.15) is 38.0 Å². The van der Waals surface area contributed by atoms with E-state index in [2.05, 4.69) is 26.1 Å². The molecule has 0 aliphatic carbocycles. The number of nitrogens with one attached hydrogen (secondary N) is 1. The fraction of sp³-hybridized carbons (Fsp3) is 0.429. The van der Waals surface area contributed by atoms with Crippen LogP contribution >= 0.6 is 11.6 Å². The molecule has 1 unspecified atom stereocenters. The van der Waals surface area contributed by atoms with Crippen LogP contribution in [0.5, 0.6) is 0 Å². The summed E-state index contributed by atoms with van der Waals surface area (Å²) in [4.78, 5) is 0. The van der Waals surface area contributed by atoms with Gasteiger partial charge in [0, 0.05) is 24.2 Å². The van der Waals surface area contributed by atoms with E-state index in [4.69, 9.17) is 16.0 Å². The minimum absolute atomic E-state index is 0.191. The second-order valence-corrected chi connectivity index (χ2v) is 11.9. The molecule has 27 heavy (non-hydrogen) atoms. The SMILES string of the molecule is CC[Si](CC)(CC)OC(CNCc1cc(F)cc(F)c1)c1ccccc1Cl. The van der Waals surface area contributed by atoms with Gasteiger partial charge in [0.25, 0.3) is 0 Å². The third kappa shape index (κ3) is 6.11. The first kappa shape index (κ1) is 22.0. The van der Waals surface area contributed by atoms with E-state index in [1.807, 2.05) is 24.3 Å². The van der Waals surface area contributed by atoms with Crippen molar-refractivity contribution in [3.05, 3.63) is 70.2 Å². The monoisotopic (exact) mass is 411 g/mol. The van der Waals surface area contributed by atoms with Crippen LogP contribution in [0.15, 0.2) is 42.5 Å². The van der Waals surface area contributed by atoms with E-state index in [-0.39, 0.29) is 6.10 Å². The normalized spacial score (nSPS) is 13.0. The number of benzene rings is 2. The van der Waals surface area contributed by atoms with Gasteiger partial charge in [-0.15, -0.1) is 0 Å². The average molecular weight is 412 g/mol. The molecule has 0 spiro atoms. The molecular formula is C21H28ClF2NOSi. The first-order valence-corrected chi connectivity index (χ1v) is 12.4. The molecule has 0 amide bonds. The molecule has 0 aliphatic rings. The highest BCUT2D eigenvalue weighted by molar-refractivity contribution is 6.73. The molecule has 0 saturated heterocycles. The predicted octanol–water partition coefficient (Wildman–Crippen LogP) is 6.47. The standard InChI is InChI=1S/C21H28ClF2NOSi/c1-4-27(5-2,6-3)26-21(19-9-7-8-10-20(19)22)15-25-14-16-11-17(23)13-18(24)12-16/h7-13,21,25H,4-6,14-15H2,1-3H3. The van der Waals surface area contributed by atoms with Crippen molar-refractivity contribution in [1.29, 1.82) is 0 Å². The van der Waals surface area contributed by atoms with Crippen molar-refractivity contribution in [2.45, 2.75) is 51.6 Å². The molecule has 2 aromatic carbocycles. The Labute approximate surface area is 167 Å². The van der Waals surface area contributed by atoms with Crippen LogP contribution < -0.4 is 5.32 Å². The summed E-state index contributed by atoms with van der Waals surface area (Å²) in [6.07, 6.45) is -0.191. The van der Waals surface area contributed by atoms with Gasteiger partial charge < -0.3 is 9.74 Å². The quantitative estimate of drug-likeness (QED) is 0.452. The summed E-state index contributed by atoms with van der Waals surface area (Å²) >= 11 is 6.42. The third-order valence-corrected chi connectivity index (χ3v) is 10.2. The lowest BCUT2D eigenvalue weighted by molar-refractivity contribution is 0.186. The zero-order valence-electron chi connectivity index (χ0n) is 16.2. The van der Waals surface area contributed by atoms with Crippen molar-refractivity contribution in [1.82, 2.24) is 5.32 Å². The molecule has 1 N–H and O–H groups in total. The van der Waals surface area contributed by atoms with Gasteiger partial charge in [-0.25, -0.2) is 8.78 Å². The minimum Gasteiger partial charge on any atom is -0.409 e. The van der Waals surface area contributed by atoms with Gasteiger partial charge in [0.1, 0.15) is 11.6 Å². The maximum absolute atomic E-state index is 13.4. The molecule has 0 heterocycles. The van der Waals surface area contributed by atoms with Gasteiger partial charge >= 0.3 is 0 Å². The lowest BCUT2D eigenvalue weighted by Crippen LogP contribution is -2.39. The molecule has 0 aromatic heterocycles. The molecule has 2 nitrogen and oxygen atoms in total. The number of halogens is 3. The van der Waals surface area contributed by atoms with Crippen LogP contribution in [-0.4, -0.2) is 14.9 Å². The number of hydrogen-bond donors (Lipinski definition) is 1. The summed E-state index contributed by atoms with van der Waals surface area (Å²) in [6, 6.07) is 14.4. The van der Waals surface area contributed by atoms with Crippen LogP contribution in [0.4, 0.5) is 8.78 Å². The van der Waals surface area contributed by atoms with Crippen molar-refractivity contribution in [3.8, 4) is 0 Å². The van der Waals surface area contributed by atoms with Crippen molar-refractivity contribution in [2.75, 3.05) is 6.54 Å². The Hall–Kier alpha value is -1.27. The maximum atomic E-state index is 13.4. The number of rotatable bonds is 10. The summed E-state index contributed by atoms with van der Waals surface area (Å²) in [6.45, 7) is 7.44. The molecule has 0 fully saturated rings. The molecule has 148 valence electrons. The lowest BCUT2D eigenvalue weighted by atomic mass is 10.1. The molecule has 1 atom stereocenters. The van der Waals surface area contributed by atoms with Gasteiger partial charge in [0.2, 0.25) is 0 Å². The molecule has 2 rings (SSSR count). The van der Waals surface area contributed by atoms with E-state index in [1.165, 1.54) is 12.1 Å². The first-order valence-electron chi connectivity index (χ1n) is 9.51. The van der Waals surface area contributed by atoms with Crippen LogP contribution in [0.3, 0.4) is 0 Å². The summed E-state index contributed by atoms with van der Waals surface area (Å²) in [5.41, 5.74) is 1.51. The second-order valence-electron chi connectivity index (χ2n) is 6.78.